The smallest absolute Gasteiger partial charge is 0.408 e. The average Bonchev–Trinajstić information content (AvgIpc) is 2.89. The summed E-state index contributed by atoms with van der Waals surface area (Å²) in [4.78, 5) is 45.9. The lowest BCUT2D eigenvalue weighted by Crippen LogP contribution is -2.42. The number of aliphatic hydroxyl groups excluding tert-OH is 1. The molecule has 38 heavy (non-hydrogen) atoms. The molecule has 0 aliphatic heterocycles. The van der Waals surface area contributed by atoms with E-state index >= 15 is 0 Å². The van der Waals surface area contributed by atoms with Crippen LogP contribution in [-0.2, 0) is 35.0 Å². The van der Waals surface area contributed by atoms with E-state index in [0.717, 1.165) is 7.11 Å². The van der Waals surface area contributed by atoms with Gasteiger partial charge in [0.05, 0.1) is 13.7 Å². The van der Waals surface area contributed by atoms with Crippen molar-refractivity contribution in [3.63, 3.8) is 0 Å². The highest BCUT2D eigenvalue weighted by molar-refractivity contribution is 7.58. The number of benzene rings is 2. The van der Waals surface area contributed by atoms with Crippen LogP contribution in [0.5, 0.6) is 5.75 Å². The summed E-state index contributed by atoms with van der Waals surface area (Å²) in [7, 11) is -3.57. The van der Waals surface area contributed by atoms with Crippen LogP contribution in [0.4, 0.5) is 13.6 Å². The van der Waals surface area contributed by atoms with Gasteiger partial charge in [-0.1, -0.05) is 30.3 Å². The molecule has 0 aliphatic rings. The minimum Gasteiger partial charge on any atom is -0.476 e. The van der Waals surface area contributed by atoms with Crippen LogP contribution in [0, 0.1) is 11.6 Å². The van der Waals surface area contributed by atoms with Crippen LogP contribution < -0.4 is 10.1 Å². The summed E-state index contributed by atoms with van der Waals surface area (Å²) in [6.07, 6.45) is -2.21. The minimum absolute atomic E-state index is 0.0330. The van der Waals surface area contributed by atoms with Gasteiger partial charge in [0.25, 0.3) is 0 Å². The summed E-state index contributed by atoms with van der Waals surface area (Å²) in [5.74, 6) is -7.67. The molecule has 0 spiro atoms. The summed E-state index contributed by atoms with van der Waals surface area (Å²) in [6.45, 7) is 0.682. The van der Waals surface area contributed by atoms with Crippen LogP contribution in [0.1, 0.15) is 30.3 Å². The Kier molecular flexibility index (Phi) is 11.6. The van der Waals surface area contributed by atoms with Gasteiger partial charge in [0.2, 0.25) is 7.37 Å². The molecule has 2 rings (SSSR count). The molecule has 0 radical (unpaired) electrons. The maximum absolute atomic E-state index is 14.4. The molecule has 3 N–H and O–H groups in total. The highest BCUT2D eigenvalue weighted by atomic mass is 31.2. The van der Waals surface area contributed by atoms with Crippen molar-refractivity contribution < 1.29 is 56.7 Å². The van der Waals surface area contributed by atoms with Gasteiger partial charge in [0.1, 0.15) is 12.6 Å². The largest absolute Gasteiger partial charge is 0.476 e. The maximum atomic E-state index is 14.4. The van der Waals surface area contributed by atoms with Gasteiger partial charge < -0.3 is 34.3 Å². The topological polar surface area (TPSA) is 158 Å². The van der Waals surface area contributed by atoms with Gasteiger partial charge in [0.15, 0.2) is 29.8 Å². The second kappa shape index (κ2) is 14.4. The summed E-state index contributed by atoms with van der Waals surface area (Å²) >= 11 is 0. The molecule has 14 heteroatoms. The molecule has 0 heterocycles. The lowest BCUT2D eigenvalue weighted by atomic mass is 10.2. The molecule has 0 bridgehead atoms. The van der Waals surface area contributed by atoms with Crippen LogP contribution in [0.2, 0.25) is 0 Å². The molecule has 0 fully saturated rings. The fourth-order valence-corrected chi connectivity index (χ4v) is 4.66. The second-order valence-electron chi connectivity index (χ2n) is 7.83. The van der Waals surface area contributed by atoms with Crippen LogP contribution >= 0.6 is 7.37 Å². The Hall–Kier alpha value is -3.54. The van der Waals surface area contributed by atoms with E-state index in [1.807, 2.05) is 0 Å². The number of aliphatic hydroxyl groups is 1. The highest BCUT2D eigenvalue weighted by Gasteiger charge is 2.34. The molecular weight excluding hydrogens is 531 g/mol. The van der Waals surface area contributed by atoms with E-state index in [4.69, 9.17) is 9.47 Å². The van der Waals surface area contributed by atoms with E-state index in [0.29, 0.717) is 17.7 Å². The molecule has 2 aromatic rings. The van der Waals surface area contributed by atoms with E-state index < -0.39 is 79.4 Å². The Bertz CT molecular complexity index is 1140. The molecule has 0 aliphatic carbocycles. The molecule has 2 unspecified atom stereocenters. The summed E-state index contributed by atoms with van der Waals surface area (Å²) in [6, 6.07) is 8.40. The molecule has 0 saturated heterocycles. The minimum atomic E-state index is -4.60. The van der Waals surface area contributed by atoms with Crippen molar-refractivity contribution >= 4 is 25.4 Å². The van der Waals surface area contributed by atoms with E-state index in [2.05, 4.69) is 14.8 Å². The molecule has 2 aromatic carbocycles. The van der Waals surface area contributed by atoms with Crippen molar-refractivity contribution in [3.8, 4) is 5.75 Å². The fraction of sp³-hybridized carbons (Fsp3) is 0.375. The molecule has 1 amide bonds. The highest BCUT2D eigenvalue weighted by Crippen LogP contribution is 2.55. The first-order chi connectivity index (χ1) is 18.0. The van der Waals surface area contributed by atoms with E-state index in [1.165, 1.54) is 6.92 Å². The molecule has 208 valence electrons. The first-order valence-corrected chi connectivity index (χ1v) is 13.2. The zero-order chi connectivity index (χ0) is 28.3. The van der Waals surface area contributed by atoms with E-state index in [-0.39, 0.29) is 13.2 Å². The van der Waals surface area contributed by atoms with Crippen molar-refractivity contribution in [2.75, 3.05) is 26.5 Å². The predicted octanol–water partition coefficient (Wildman–Crippen LogP) is 3.03. The number of carbonyl (C=O) groups is 3. The zero-order valence-electron chi connectivity index (χ0n) is 20.6. The number of alkyl carbamates (subject to hydrolysis) is 1. The van der Waals surface area contributed by atoms with Gasteiger partial charge >= 0.3 is 18.0 Å². The van der Waals surface area contributed by atoms with Gasteiger partial charge in [-0.05, 0) is 36.6 Å². The third kappa shape index (κ3) is 9.09. The van der Waals surface area contributed by atoms with E-state index in [1.54, 1.807) is 30.3 Å². The molecule has 3 atom stereocenters. The predicted molar refractivity (Wildman–Crippen MR) is 128 cm³/mol. The fourth-order valence-electron chi connectivity index (χ4n) is 3.17. The van der Waals surface area contributed by atoms with Gasteiger partial charge in [-0.3, -0.25) is 4.57 Å². The lowest BCUT2D eigenvalue weighted by molar-refractivity contribution is -0.145. The number of nitrogens with one attached hydrogen (secondary N) is 1. The Morgan fingerprint density at radius 1 is 1.08 bits per heavy atom. The Morgan fingerprint density at radius 3 is 2.29 bits per heavy atom. The number of halogens is 2. The number of rotatable bonds is 13. The van der Waals surface area contributed by atoms with Gasteiger partial charge in [-0.25, -0.2) is 23.2 Å². The lowest BCUT2D eigenvalue weighted by Gasteiger charge is -2.22. The number of hydrogen-bond acceptors (Lipinski definition) is 9. The number of esters is 2. The van der Waals surface area contributed by atoms with E-state index in [9.17, 15) is 37.7 Å². The van der Waals surface area contributed by atoms with Crippen molar-refractivity contribution in [1.29, 1.82) is 0 Å². The number of amides is 1. The van der Waals surface area contributed by atoms with Crippen molar-refractivity contribution in [1.82, 2.24) is 5.32 Å². The third-order valence-electron chi connectivity index (χ3n) is 5.07. The van der Waals surface area contributed by atoms with Crippen molar-refractivity contribution in [2.45, 2.75) is 31.8 Å². The SMILES string of the molecule is CCOC(=O)COc1c(F)cc(C(O)P(=O)(O)CC[C@H](NC(=O)OCc2ccccc2)C(=O)OC)cc1F. The van der Waals surface area contributed by atoms with Crippen LogP contribution in [-0.4, -0.2) is 60.6 Å². The maximum Gasteiger partial charge on any atom is 0.408 e. The summed E-state index contributed by atoms with van der Waals surface area (Å²) in [5.41, 5.74) is 0.0937. The zero-order valence-corrected chi connectivity index (χ0v) is 21.5. The Morgan fingerprint density at radius 2 is 1.71 bits per heavy atom. The van der Waals surface area contributed by atoms with Crippen LogP contribution in [0.25, 0.3) is 0 Å². The molecule has 11 nitrogen and oxygen atoms in total. The molecule has 0 saturated carbocycles. The van der Waals surface area contributed by atoms with Gasteiger partial charge in [0, 0.05) is 6.16 Å². The normalized spacial score (nSPS) is 13.9. The third-order valence-corrected chi connectivity index (χ3v) is 7.03. The van der Waals surface area contributed by atoms with Crippen molar-refractivity contribution in [2.24, 2.45) is 0 Å². The first-order valence-electron chi connectivity index (χ1n) is 11.3. The quantitative estimate of drug-likeness (QED) is 0.189. The van der Waals surface area contributed by atoms with Gasteiger partial charge in [-0.15, -0.1) is 0 Å². The summed E-state index contributed by atoms with van der Waals surface area (Å²) < 4.78 is 60.5. The standard InChI is InChI=1S/C24H28F2NO10P/c1-3-35-20(28)14-36-21-17(25)11-16(12-18(21)26)23(30)38(32,33)10-9-19(22(29)34-2)27-24(31)37-13-15-7-5-4-6-8-15/h4-8,11-12,19,23,30H,3,9-10,13-14H2,1-2H3,(H,27,31)(H,32,33)/t19-,23?/m0/s1. The monoisotopic (exact) mass is 559 g/mol. The molecular formula is C24H28F2NO10P. The second-order valence-corrected chi connectivity index (χ2v) is 10.3. The Balaban J connectivity index is 2.04. The average molecular weight is 559 g/mol. The summed E-state index contributed by atoms with van der Waals surface area (Å²) in [5, 5.41) is 12.6. The molecule has 0 aromatic heterocycles. The number of hydrogen-bond donors (Lipinski definition) is 3. The van der Waals surface area contributed by atoms with Gasteiger partial charge in [-0.2, -0.15) is 0 Å². The van der Waals surface area contributed by atoms with Crippen LogP contribution in [0.15, 0.2) is 42.5 Å². The Labute approximate surface area is 217 Å². The van der Waals surface area contributed by atoms with Crippen LogP contribution in [0.3, 0.4) is 0 Å². The number of ether oxygens (including phenoxy) is 4. The first kappa shape index (κ1) is 30.7. The number of carbonyl (C=O) groups excluding carboxylic acids is 3. The van der Waals surface area contributed by atoms with Crippen molar-refractivity contribution in [3.05, 3.63) is 65.2 Å². The number of methoxy groups -OCH3 is 1.